The molecule has 0 aliphatic rings. The summed E-state index contributed by atoms with van der Waals surface area (Å²) in [4.78, 5) is 0. The zero-order valence-electron chi connectivity index (χ0n) is 6.96. The van der Waals surface area contributed by atoms with E-state index < -0.39 is 34.4 Å². The summed E-state index contributed by atoms with van der Waals surface area (Å²) in [6, 6.07) is 0. The van der Waals surface area contributed by atoms with Crippen LogP contribution in [0.25, 0.3) is 0 Å². The fraction of sp³-hybridized carbons (Fsp3) is 1.00. The average molecular weight is 340 g/mol. The molecule has 0 rings (SSSR count). The summed E-state index contributed by atoms with van der Waals surface area (Å²) in [5.74, 6) is 0. The van der Waals surface area contributed by atoms with Crippen molar-refractivity contribution in [1.82, 2.24) is 0 Å². The van der Waals surface area contributed by atoms with Gasteiger partial charge in [-0.25, -0.2) is 0 Å². The Morgan fingerprint density at radius 3 is 1.71 bits per heavy atom. The maximum atomic E-state index is 9.23. The fourth-order valence-corrected chi connectivity index (χ4v) is 1.27. The van der Waals surface area contributed by atoms with E-state index in [0.717, 1.165) is 0 Å². The van der Waals surface area contributed by atoms with Crippen molar-refractivity contribution in [3.8, 4) is 0 Å². The SMILES string of the molecule is OCC(O)C(O)C(O)C(O)C(O)(Br)Br. The monoisotopic (exact) mass is 338 g/mol. The second-order valence-corrected chi connectivity index (χ2v) is 6.25. The van der Waals surface area contributed by atoms with Gasteiger partial charge in [-0.3, -0.25) is 0 Å². The molecule has 0 bridgehead atoms. The quantitative estimate of drug-likeness (QED) is 0.318. The minimum atomic E-state index is -1.98. The molecule has 14 heavy (non-hydrogen) atoms. The van der Waals surface area contributed by atoms with Gasteiger partial charge in [-0.05, 0) is 31.9 Å². The summed E-state index contributed by atoms with van der Waals surface area (Å²) in [6.45, 7) is -0.770. The van der Waals surface area contributed by atoms with Gasteiger partial charge in [-0.2, -0.15) is 0 Å². The van der Waals surface area contributed by atoms with Crippen LogP contribution in [0, 0.1) is 0 Å². The Labute approximate surface area is 97.1 Å². The molecule has 0 saturated heterocycles. The smallest absolute Gasteiger partial charge is 0.203 e. The first-order valence-corrected chi connectivity index (χ1v) is 5.23. The van der Waals surface area contributed by atoms with E-state index in [4.69, 9.17) is 20.4 Å². The molecule has 8 heteroatoms. The number of hydrogen-bond acceptors (Lipinski definition) is 6. The maximum absolute atomic E-state index is 9.23. The van der Waals surface area contributed by atoms with Crippen molar-refractivity contribution in [3.05, 3.63) is 0 Å². The second kappa shape index (κ2) is 5.71. The van der Waals surface area contributed by atoms with Crippen LogP contribution in [0.5, 0.6) is 0 Å². The van der Waals surface area contributed by atoms with Crippen LogP contribution in [0.2, 0.25) is 0 Å². The van der Waals surface area contributed by atoms with Crippen LogP contribution in [-0.2, 0) is 0 Å². The van der Waals surface area contributed by atoms with Crippen molar-refractivity contribution in [3.63, 3.8) is 0 Å². The minimum absolute atomic E-state index is 0.770. The Morgan fingerprint density at radius 2 is 1.43 bits per heavy atom. The molecule has 0 saturated carbocycles. The molecule has 0 aliphatic heterocycles. The van der Waals surface area contributed by atoms with Crippen molar-refractivity contribution in [2.45, 2.75) is 27.8 Å². The maximum Gasteiger partial charge on any atom is 0.203 e. The highest BCUT2D eigenvalue weighted by Crippen LogP contribution is 2.29. The number of alkyl halides is 2. The molecular formula is C6H12Br2O6. The van der Waals surface area contributed by atoms with Crippen molar-refractivity contribution >= 4 is 31.9 Å². The van der Waals surface area contributed by atoms with E-state index in [9.17, 15) is 10.2 Å². The van der Waals surface area contributed by atoms with E-state index >= 15 is 0 Å². The lowest BCUT2D eigenvalue weighted by molar-refractivity contribution is -0.130. The Hall–Kier alpha value is 0.720. The molecule has 0 aromatic carbocycles. The third-order valence-electron chi connectivity index (χ3n) is 1.61. The zero-order valence-corrected chi connectivity index (χ0v) is 10.1. The van der Waals surface area contributed by atoms with Crippen molar-refractivity contribution < 1.29 is 30.6 Å². The Kier molecular flexibility index (Phi) is 6.00. The summed E-state index contributed by atoms with van der Waals surface area (Å²) < 4.78 is -1.98. The van der Waals surface area contributed by atoms with E-state index in [0.29, 0.717) is 0 Å². The van der Waals surface area contributed by atoms with Crippen molar-refractivity contribution in [1.29, 1.82) is 0 Å². The van der Waals surface area contributed by atoms with E-state index in [2.05, 4.69) is 31.9 Å². The summed E-state index contributed by atoms with van der Waals surface area (Å²) in [5, 5.41) is 54.1. The van der Waals surface area contributed by atoms with Gasteiger partial charge in [-0.1, -0.05) is 0 Å². The molecule has 6 N–H and O–H groups in total. The zero-order chi connectivity index (χ0) is 11.5. The van der Waals surface area contributed by atoms with Gasteiger partial charge in [0.15, 0.2) is 0 Å². The molecule has 0 aromatic heterocycles. The minimum Gasteiger partial charge on any atom is -0.394 e. The summed E-state index contributed by atoms with van der Waals surface area (Å²) >= 11 is 5.18. The second-order valence-electron chi connectivity index (χ2n) is 2.76. The van der Waals surface area contributed by atoms with Gasteiger partial charge in [-0.15, -0.1) is 0 Å². The summed E-state index contributed by atoms with van der Waals surface area (Å²) in [7, 11) is 0. The van der Waals surface area contributed by atoms with Gasteiger partial charge in [0.25, 0.3) is 0 Å². The van der Waals surface area contributed by atoms with Gasteiger partial charge >= 0.3 is 0 Å². The van der Waals surface area contributed by atoms with Crippen molar-refractivity contribution in [2.75, 3.05) is 6.61 Å². The first-order valence-electron chi connectivity index (χ1n) is 3.65. The standard InChI is InChI=1S/C6H12Br2O6/c7-6(8,14)5(13)4(12)3(11)2(10)1-9/h2-5,9-14H,1H2. The Bertz CT molecular complexity index is 172. The van der Waals surface area contributed by atoms with Crippen LogP contribution < -0.4 is 0 Å². The molecule has 0 amide bonds. The molecule has 4 unspecified atom stereocenters. The van der Waals surface area contributed by atoms with Crippen LogP contribution >= 0.6 is 31.9 Å². The average Bonchev–Trinajstić information content (AvgIpc) is 2.11. The van der Waals surface area contributed by atoms with Gasteiger partial charge < -0.3 is 30.6 Å². The topological polar surface area (TPSA) is 121 Å². The van der Waals surface area contributed by atoms with E-state index in [1.165, 1.54) is 0 Å². The third-order valence-corrected chi connectivity index (χ3v) is 2.55. The van der Waals surface area contributed by atoms with Crippen LogP contribution in [0.4, 0.5) is 0 Å². The van der Waals surface area contributed by atoms with Crippen LogP contribution in [0.3, 0.4) is 0 Å². The number of rotatable bonds is 5. The molecule has 4 atom stereocenters. The molecule has 0 radical (unpaired) electrons. The van der Waals surface area contributed by atoms with Gasteiger partial charge in [0.05, 0.1) is 6.61 Å². The summed E-state index contributed by atoms with van der Waals surface area (Å²) in [5.41, 5.74) is 0. The van der Waals surface area contributed by atoms with Gasteiger partial charge in [0, 0.05) is 0 Å². The van der Waals surface area contributed by atoms with Crippen molar-refractivity contribution in [2.24, 2.45) is 0 Å². The van der Waals surface area contributed by atoms with Crippen LogP contribution in [-0.4, -0.2) is 65.1 Å². The molecule has 0 spiro atoms. The van der Waals surface area contributed by atoms with Crippen LogP contribution in [0.1, 0.15) is 0 Å². The number of aliphatic hydroxyl groups is 6. The number of halogens is 2. The first-order chi connectivity index (χ1) is 6.21. The molecular weight excluding hydrogens is 328 g/mol. The highest BCUT2D eigenvalue weighted by atomic mass is 79.9. The lowest BCUT2D eigenvalue weighted by atomic mass is 10.0. The molecule has 6 nitrogen and oxygen atoms in total. The highest BCUT2D eigenvalue weighted by Gasteiger charge is 2.40. The Balaban J connectivity index is 4.38. The predicted octanol–water partition coefficient (Wildman–Crippen LogP) is -2.14. The molecule has 0 fully saturated rings. The normalized spacial score (nSPS) is 21.4. The summed E-state index contributed by atoms with van der Waals surface area (Å²) in [6.07, 6.45) is -6.96. The predicted molar refractivity (Wildman–Crippen MR) is 53.9 cm³/mol. The van der Waals surface area contributed by atoms with E-state index in [-0.39, 0.29) is 0 Å². The van der Waals surface area contributed by atoms with Crippen LogP contribution in [0.15, 0.2) is 0 Å². The van der Waals surface area contributed by atoms with E-state index in [1.807, 2.05) is 0 Å². The molecule has 0 heterocycles. The number of aliphatic hydroxyl groups excluding tert-OH is 5. The number of hydrogen-bond donors (Lipinski definition) is 6. The third kappa shape index (κ3) is 4.07. The molecule has 0 aliphatic carbocycles. The lowest BCUT2D eigenvalue weighted by Crippen LogP contribution is -2.51. The molecule has 0 aromatic rings. The lowest BCUT2D eigenvalue weighted by Gasteiger charge is -2.30. The highest BCUT2D eigenvalue weighted by molar-refractivity contribution is 9.25. The van der Waals surface area contributed by atoms with Gasteiger partial charge in [0.1, 0.15) is 24.4 Å². The van der Waals surface area contributed by atoms with E-state index in [1.54, 1.807) is 0 Å². The molecule has 86 valence electrons. The van der Waals surface area contributed by atoms with Gasteiger partial charge in [0.2, 0.25) is 3.42 Å². The largest absolute Gasteiger partial charge is 0.394 e. The fourth-order valence-electron chi connectivity index (χ4n) is 0.728. The Morgan fingerprint density at radius 1 is 1.00 bits per heavy atom. The first kappa shape index (κ1) is 14.7.